The molecule has 0 spiro atoms. The Morgan fingerprint density at radius 3 is 2.64 bits per heavy atom. The topological polar surface area (TPSA) is 30.2 Å². The average molecular weight is 301 g/mol. The molecule has 2 heterocycles. The number of pyridine rings is 1. The van der Waals surface area contributed by atoms with Gasteiger partial charge in [-0.25, -0.2) is 0 Å². The Morgan fingerprint density at radius 1 is 1.29 bits per heavy atom. The van der Waals surface area contributed by atoms with Crippen LogP contribution in [-0.4, -0.2) is 14.6 Å². The summed E-state index contributed by atoms with van der Waals surface area (Å²) in [6.45, 7) is 6.42. The molecular formula is C10H12IN3. The van der Waals surface area contributed by atoms with Gasteiger partial charge in [0.05, 0.1) is 0 Å². The van der Waals surface area contributed by atoms with Crippen LogP contribution in [0.2, 0.25) is 0 Å². The van der Waals surface area contributed by atoms with Gasteiger partial charge in [0.2, 0.25) is 0 Å². The minimum atomic E-state index is 0.0339. The molecule has 0 bridgehead atoms. The summed E-state index contributed by atoms with van der Waals surface area (Å²) < 4.78 is 3.23. The van der Waals surface area contributed by atoms with Crippen molar-refractivity contribution in [1.82, 2.24) is 14.6 Å². The fourth-order valence-electron chi connectivity index (χ4n) is 1.38. The zero-order chi connectivity index (χ0) is 10.3. The van der Waals surface area contributed by atoms with Crippen LogP contribution in [0, 0.1) is 3.57 Å². The lowest BCUT2D eigenvalue weighted by molar-refractivity contribution is 0.538. The molecule has 0 aliphatic heterocycles. The van der Waals surface area contributed by atoms with E-state index < -0.39 is 0 Å². The molecule has 0 amide bonds. The Bertz CT molecular complexity index is 468. The third kappa shape index (κ3) is 1.63. The molecule has 2 aromatic rings. The zero-order valence-corrected chi connectivity index (χ0v) is 10.6. The summed E-state index contributed by atoms with van der Waals surface area (Å²) >= 11 is 2.28. The van der Waals surface area contributed by atoms with Gasteiger partial charge in [-0.2, -0.15) is 0 Å². The summed E-state index contributed by atoms with van der Waals surface area (Å²) in [7, 11) is 0. The van der Waals surface area contributed by atoms with E-state index >= 15 is 0 Å². The highest BCUT2D eigenvalue weighted by molar-refractivity contribution is 14.1. The van der Waals surface area contributed by atoms with Gasteiger partial charge >= 0.3 is 0 Å². The Kier molecular flexibility index (Phi) is 2.25. The predicted molar refractivity (Wildman–Crippen MR) is 64.4 cm³/mol. The first-order valence-corrected chi connectivity index (χ1v) is 5.57. The van der Waals surface area contributed by atoms with E-state index in [1.165, 1.54) is 3.57 Å². The zero-order valence-electron chi connectivity index (χ0n) is 8.45. The van der Waals surface area contributed by atoms with Gasteiger partial charge in [-0.3, -0.25) is 4.40 Å². The molecule has 0 unspecified atom stereocenters. The fraction of sp³-hybridized carbons (Fsp3) is 0.400. The van der Waals surface area contributed by atoms with Crippen molar-refractivity contribution in [2.45, 2.75) is 26.2 Å². The van der Waals surface area contributed by atoms with Gasteiger partial charge in [0.1, 0.15) is 5.82 Å². The summed E-state index contributed by atoms with van der Waals surface area (Å²) in [4.78, 5) is 0. The van der Waals surface area contributed by atoms with E-state index in [2.05, 4.69) is 59.6 Å². The highest BCUT2D eigenvalue weighted by Crippen LogP contribution is 2.21. The first-order chi connectivity index (χ1) is 6.48. The van der Waals surface area contributed by atoms with Crippen LogP contribution in [0.3, 0.4) is 0 Å². The molecule has 14 heavy (non-hydrogen) atoms. The van der Waals surface area contributed by atoms with Gasteiger partial charge < -0.3 is 0 Å². The highest BCUT2D eigenvalue weighted by atomic mass is 127. The van der Waals surface area contributed by atoms with Crippen molar-refractivity contribution in [2.24, 2.45) is 0 Å². The normalized spacial score (nSPS) is 12.3. The van der Waals surface area contributed by atoms with Crippen LogP contribution in [0.1, 0.15) is 26.6 Å². The Balaban J connectivity index is 2.70. The second-order valence-corrected chi connectivity index (χ2v) is 5.59. The third-order valence-electron chi connectivity index (χ3n) is 2.04. The molecule has 74 valence electrons. The second kappa shape index (κ2) is 3.18. The van der Waals surface area contributed by atoms with E-state index in [4.69, 9.17) is 0 Å². The van der Waals surface area contributed by atoms with E-state index in [0.717, 1.165) is 11.5 Å². The number of hydrogen-bond donors (Lipinski definition) is 0. The minimum absolute atomic E-state index is 0.0339. The SMILES string of the molecule is CC(C)(C)c1nnc2cc(I)ccn12. The third-order valence-corrected chi connectivity index (χ3v) is 2.71. The Hall–Kier alpha value is -0.650. The number of nitrogens with zero attached hydrogens (tertiary/aromatic N) is 3. The van der Waals surface area contributed by atoms with Crippen molar-refractivity contribution in [3.63, 3.8) is 0 Å². The van der Waals surface area contributed by atoms with Crippen molar-refractivity contribution in [3.8, 4) is 0 Å². The standard InChI is InChI=1S/C10H12IN3/c1-10(2,3)9-13-12-8-6-7(11)4-5-14(8)9/h4-6H,1-3H3. The monoisotopic (exact) mass is 301 g/mol. The van der Waals surface area contributed by atoms with E-state index in [1.807, 2.05) is 16.7 Å². The van der Waals surface area contributed by atoms with Crippen LogP contribution in [0.4, 0.5) is 0 Å². The van der Waals surface area contributed by atoms with Gasteiger partial charge in [0.25, 0.3) is 0 Å². The van der Waals surface area contributed by atoms with Crippen molar-refractivity contribution in [2.75, 3.05) is 0 Å². The highest BCUT2D eigenvalue weighted by Gasteiger charge is 2.20. The van der Waals surface area contributed by atoms with Crippen LogP contribution < -0.4 is 0 Å². The summed E-state index contributed by atoms with van der Waals surface area (Å²) in [5.74, 6) is 1.00. The quantitative estimate of drug-likeness (QED) is 0.700. The van der Waals surface area contributed by atoms with E-state index in [0.29, 0.717) is 0 Å². The summed E-state index contributed by atoms with van der Waals surface area (Å²) in [5.41, 5.74) is 0.952. The molecule has 0 aliphatic carbocycles. The fourth-order valence-corrected chi connectivity index (χ4v) is 1.82. The van der Waals surface area contributed by atoms with E-state index in [1.54, 1.807) is 0 Å². The number of fused-ring (bicyclic) bond motifs is 1. The van der Waals surface area contributed by atoms with Crippen molar-refractivity contribution in [1.29, 1.82) is 0 Å². The maximum Gasteiger partial charge on any atom is 0.161 e. The summed E-state index contributed by atoms with van der Waals surface area (Å²) in [6.07, 6.45) is 2.03. The molecular weight excluding hydrogens is 289 g/mol. The predicted octanol–water partition coefficient (Wildman–Crippen LogP) is 2.63. The molecule has 3 nitrogen and oxygen atoms in total. The van der Waals surface area contributed by atoms with Crippen LogP contribution in [0.15, 0.2) is 18.3 Å². The molecule has 0 saturated heterocycles. The molecule has 0 fully saturated rings. The second-order valence-electron chi connectivity index (χ2n) is 4.35. The largest absolute Gasteiger partial charge is 0.286 e. The molecule has 0 atom stereocenters. The van der Waals surface area contributed by atoms with Gasteiger partial charge in [-0.1, -0.05) is 20.8 Å². The summed E-state index contributed by atoms with van der Waals surface area (Å²) in [6, 6.07) is 4.09. The maximum absolute atomic E-state index is 4.22. The molecule has 0 radical (unpaired) electrons. The molecule has 0 N–H and O–H groups in total. The smallest absolute Gasteiger partial charge is 0.161 e. The molecule has 2 rings (SSSR count). The first kappa shape index (κ1) is 9.89. The van der Waals surface area contributed by atoms with E-state index in [-0.39, 0.29) is 5.41 Å². The lowest BCUT2D eigenvalue weighted by Crippen LogP contribution is -2.15. The molecule has 0 aromatic carbocycles. The van der Waals surface area contributed by atoms with Crippen LogP contribution in [0.25, 0.3) is 5.65 Å². The van der Waals surface area contributed by atoms with Crippen molar-refractivity contribution in [3.05, 3.63) is 27.7 Å². The van der Waals surface area contributed by atoms with Crippen LogP contribution >= 0.6 is 22.6 Å². The molecule has 0 aliphatic rings. The number of hydrogen-bond acceptors (Lipinski definition) is 2. The van der Waals surface area contributed by atoms with Crippen LogP contribution in [-0.2, 0) is 5.41 Å². The Morgan fingerprint density at radius 2 is 2.00 bits per heavy atom. The van der Waals surface area contributed by atoms with Crippen LogP contribution in [0.5, 0.6) is 0 Å². The minimum Gasteiger partial charge on any atom is -0.286 e. The molecule has 0 saturated carbocycles. The number of aromatic nitrogens is 3. The summed E-state index contributed by atoms with van der Waals surface area (Å²) in [5, 5.41) is 8.37. The van der Waals surface area contributed by atoms with Crippen molar-refractivity contribution < 1.29 is 0 Å². The van der Waals surface area contributed by atoms with Gasteiger partial charge in [-0.05, 0) is 34.7 Å². The number of halogens is 1. The van der Waals surface area contributed by atoms with E-state index in [9.17, 15) is 0 Å². The van der Waals surface area contributed by atoms with Gasteiger partial charge in [-0.15, -0.1) is 10.2 Å². The Labute approximate surface area is 96.7 Å². The lowest BCUT2D eigenvalue weighted by Gasteiger charge is -2.15. The van der Waals surface area contributed by atoms with Crippen molar-refractivity contribution >= 4 is 28.2 Å². The van der Waals surface area contributed by atoms with Gasteiger partial charge in [0.15, 0.2) is 5.65 Å². The number of rotatable bonds is 0. The maximum atomic E-state index is 4.22. The average Bonchev–Trinajstić information content (AvgIpc) is 2.45. The van der Waals surface area contributed by atoms with Gasteiger partial charge in [0, 0.05) is 15.2 Å². The molecule has 2 aromatic heterocycles. The molecule has 4 heteroatoms. The first-order valence-electron chi connectivity index (χ1n) is 4.49. The lowest BCUT2D eigenvalue weighted by atomic mass is 9.96.